The summed E-state index contributed by atoms with van der Waals surface area (Å²) < 4.78 is 5.82. The van der Waals surface area contributed by atoms with Gasteiger partial charge in [-0.2, -0.15) is 0 Å². The smallest absolute Gasteiger partial charge is 0.186 e. The van der Waals surface area contributed by atoms with E-state index in [0.717, 1.165) is 27.7 Å². The van der Waals surface area contributed by atoms with E-state index in [0.29, 0.717) is 0 Å². The second-order valence-electron chi connectivity index (χ2n) is 6.97. The van der Waals surface area contributed by atoms with E-state index < -0.39 is 0 Å². The van der Waals surface area contributed by atoms with Gasteiger partial charge in [-0.05, 0) is 78.7 Å². The molecule has 0 aromatic heterocycles. The van der Waals surface area contributed by atoms with Crippen LogP contribution in [0.4, 0.5) is 0 Å². The zero-order valence-electron chi connectivity index (χ0n) is 15.8. The van der Waals surface area contributed by atoms with Crippen LogP contribution in [0, 0.1) is 20.8 Å². The number of ether oxygens (including phenoxy) is 1. The molecule has 1 radical (unpaired) electrons. The van der Waals surface area contributed by atoms with Gasteiger partial charge in [-0.1, -0.05) is 29.8 Å². The predicted molar refractivity (Wildman–Crippen MR) is 106 cm³/mol. The minimum Gasteiger partial charge on any atom is -0.488 e. The number of carbonyl (C=O) groups excluding carboxylic acids is 1. The molecule has 0 bridgehead atoms. The average molecular weight is 335 g/mol. The van der Waals surface area contributed by atoms with Gasteiger partial charge in [0.15, 0.2) is 5.52 Å². The molecule has 2 nitrogen and oxygen atoms in total. The van der Waals surface area contributed by atoms with Crippen molar-refractivity contribution in [2.75, 3.05) is 0 Å². The molecule has 0 saturated heterocycles. The van der Waals surface area contributed by atoms with Crippen molar-refractivity contribution < 1.29 is 9.53 Å². The maximum atomic E-state index is 12.7. The number of hydrogen-bond donors (Lipinski definition) is 0. The summed E-state index contributed by atoms with van der Waals surface area (Å²) in [4.78, 5) is 12.7. The van der Waals surface area contributed by atoms with E-state index in [4.69, 9.17) is 4.74 Å². The van der Waals surface area contributed by atoms with Crippen LogP contribution in [-0.2, 0) is 0 Å². The predicted octanol–water partition coefficient (Wildman–Crippen LogP) is 4.55. The van der Waals surface area contributed by atoms with Crippen LogP contribution >= 0.6 is 8.58 Å². The quantitative estimate of drug-likeness (QED) is 0.605. The van der Waals surface area contributed by atoms with Gasteiger partial charge in [0.2, 0.25) is 0 Å². The van der Waals surface area contributed by atoms with Crippen molar-refractivity contribution in [2.24, 2.45) is 0 Å². The molecule has 24 heavy (non-hydrogen) atoms. The van der Waals surface area contributed by atoms with Gasteiger partial charge in [0.25, 0.3) is 0 Å². The molecule has 0 spiro atoms. The Labute approximate surface area is 159 Å². The van der Waals surface area contributed by atoms with Gasteiger partial charge in [-0.25, -0.2) is 0 Å². The molecule has 123 valence electrons. The van der Waals surface area contributed by atoms with Crippen molar-refractivity contribution in [3.8, 4) is 5.75 Å². The monoisotopic (exact) mass is 335 g/mol. The number of hydrogen-bond acceptors (Lipinski definition) is 2. The minimum atomic E-state index is -0.213. The van der Waals surface area contributed by atoms with Crippen LogP contribution < -0.4 is 10.0 Å². The summed E-state index contributed by atoms with van der Waals surface area (Å²) in [6, 6.07) is 12.0. The van der Waals surface area contributed by atoms with Crippen LogP contribution in [0.3, 0.4) is 0 Å². The SMILES string of the molecule is Cc1cc(C)c(C(=O)Pc2ccc(OC(C)(C)C)cc2)c(C)c1.[Li]. The van der Waals surface area contributed by atoms with E-state index in [-0.39, 0.29) is 38.6 Å². The van der Waals surface area contributed by atoms with Gasteiger partial charge < -0.3 is 4.74 Å². The normalized spacial score (nSPS) is 11.4. The fraction of sp³-hybridized carbons (Fsp3) is 0.350. The summed E-state index contributed by atoms with van der Waals surface area (Å²) in [7, 11) is 0.135. The van der Waals surface area contributed by atoms with Gasteiger partial charge in [0.1, 0.15) is 11.4 Å². The first-order valence-electron chi connectivity index (χ1n) is 7.84. The Morgan fingerprint density at radius 3 is 1.92 bits per heavy atom. The summed E-state index contributed by atoms with van der Waals surface area (Å²) in [6.07, 6.45) is 0. The van der Waals surface area contributed by atoms with Crippen molar-refractivity contribution in [3.05, 3.63) is 58.7 Å². The summed E-state index contributed by atoms with van der Waals surface area (Å²) in [5.74, 6) is 0.834. The summed E-state index contributed by atoms with van der Waals surface area (Å²) >= 11 is 0. The van der Waals surface area contributed by atoms with Crippen LogP contribution in [0.1, 0.15) is 47.8 Å². The first-order chi connectivity index (χ1) is 10.7. The maximum absolute atomic E-state index is 12.7. The molecule has 1 atom stereocenters. The van der Waals surface area contributed by atoms with E-state index >= 15 is 0 Å². The van der Waals surface area contributed by atoms with E-state index in [9.17, 15) is 4.79 Å². The minimum absolute atomic E-state index is 0. The third-order valence-electron chi connectivity index (χ3n) is 3.44. The fourth-order valence-corrected chi connectivity index (χ4v) is 3.81. The Bertz CT molecular complexity index is 692. The molecule has 2 aromatic rings. The fourth-order valence-electron chi connectivity index (χ4n) is 2.69. The topological polar surface area (TPSA) is 26.3 Å². The Kier molecular flexibility index (Phi) is 7.30. The van der Waals surface area contributed by atoms with Crippen LogP contribution in [0.2, 0.25) is 0 Å². The van der Waals surface area contributed by atoms with Crippen molar-refractivity contribution in [2.45, 2.75) is 47.1 Å². The molecule has 0 saturated carbocycles. The Hall–Kier alpha value is -1.06. The van der Waals surface area contributed by atoms with Gasteiger partial charge in [0.05, 0.1) is 0 Å². The first-order valence-corrected chi connectivity index (χ1v) is 8.84. The average Bonchev–Trinajstić information content (AvgIpc) is 2.38. The van der Waals surface area contributed by atoms with Gasteiger partial charge in [-0.15, -0.1) is 0 Å². The van der Waals surface area contributed by atoms with Crippen molar-refractivity contribution in [3.63, 3.8) is 0 Å². The van der Waals surface area contributed by atoms with Crippen molar-refractivity contribution in [1.82, 2.24) is 0 Å². The Morgan fingerprint density at radius 2 is 1.46 bits per heavy atom. The van der Waals surface area contributed by atoms with Crippen molar-refractivity contribution >= 4 is 38.3 Å². The zero-order chi connectivity index (χ0) is 17.2. The van der Waals surface area contributed by atoms with E-state index in [1.165, 1.54) is 5.56 Å². The van der Waals surface area contributed by atoms with Gasteiger partial charge in [-0.3, -0.25) is 4.79 Å². The molecule has 0 aliphatic rings. The van der Waals surface area contributed by atoms with Crippen LogP contribution in [0.15, 0.2) is 36.4 Å². The Morgan fingerprint density at radius 1 is 0.958 bits per heavy atom. The number of benzene rings is 2. The maximum Gasteiger partial charge on any atom is 0.186 e. The second kappa shape index (κ2) is 8.35. The molecular formula is C20H25LiO2P. The molecule has 0 amide bonds. The molecule has 0 heterocycles. The van der Waals surface area contributed by atoms with E-state index in [2.05, 4.69) is 19.1 Å². The number of aryl methyl sites for hydroxylation is 3. The third-order valence-corrected chi connectivity index (χ3v) is 4.54. The zero-order valence-corrected chi connectivity index (χ0v) is 16.8. The standard InChI is InChI=1S/C20H25O2P.Li/c1-13-11-14(2)18(15(3)12-13)19(21)23-17-9-7-16(8-10-17)22-20(4,5)6;/h7-12,23H,1-6H3;. The largest absolute Gasteiger partial charge is 0.488 e. The second-order valence-corrected chi connectivity index (χ2v) is 8.25. The molecule has 4 heteroatoms. The molecule has 2 aromatic carbocycles. The van der Waals surface area contributed by atoms with Crippen LogP contribution in [0.5, 0.6) is 5.75 Å². The van der Waals surface area contributed by atoms with Gasteiger partial charge in [0, 0.05) is 24.4 Å². The molecule has 2 rings (SSSR count). The Balaban J connectivity index is 0.00000288. The molecule has 0 fully saturated rings. The molecule has 0 N–H and O–H groups in total. The first kappa shape index (κ1) is 21.0. The summed E-state index contributed by atoms with van der Waals surface area (Å²) in [5, 5.41) is 1.04. The molecule has 0 aliphatic heterocycles. The van der Waals surface area contributed by atoms with Crippen molar-refractivity contribution in [1.29, 1.82) is 0 Å². The number of rotatable bonds is 4. The van der Waals surface area contributed by atoms with E-state index in [1.807, 2.05) is 58.9 Å². The van der Waals surface area contributed by atoms with E-state index in [1.54, 1.807) is 0 Å². The van der Waals surface area contributed by atoms with Crippen LogP contribution in [-0.4, -0.2) is 30.0 Å². The summed E-state index contributed by atoms with van der Waals surface area (Å²) in [5.41, 5.74) is 4.17. The molecule has 0 aliphatic carbocycles. The number of carbonyl (C=O) groups is 1. The summed E-state index contributed by atoms with van der Waals surface area (Å²) in [6.45, 7) is 12.2. The van der Waals surface area contributed by atoms with Crippen LogP contribution in [0.25, 0.3) is 0 Å². The molecule has 1 unspecified atom stereocenters. The third kappa shape index (κ3) is 5.78. The van der Waals surface area contributed by atoms with Gasteiger partial charge >= 0.3 is 0 Å². The molecular weight excluding hydrogens is 310 g/mol.